The lowest BCUT2D eigenvalue weighted by atomic mass is 9.96. The molecule has 1 fully saturated rings. The van der Waals surface area contributed by atoms with Crippen molar-refractivity contribution in [2.45, 2.75) is 32.7 Å². The lowest BCUT2D eigenvalue weighted by Gasteiger charge is -2.32. The minimum atomic E-state index is 0.316. The van der Waals surface area contributed by atoms with Gasteiger partial charge in [-0.25, -0.2) is 0 Å². The molecule has 16 heavy (non-hydrogen) atoms. The minimum Gasteiger partial charge on any atom is -0.326 e. The third kappa shape index (κ3) is 4.81. The van der Waals surface area contributed by atoms with Gasteiger partial charge >= 0.3 is 0 Å². The second-order valence-corrected chi connectivity index (χ2v) is 5.88. The molecular weight excluding hydrogens is 198 g/mol. The number of hydrogen-bond donors (Lipinski definition) is 1. The number of likely N-dealkylation sites (tertiary alicyclic amines) is 1. The highest BCUT2D eigenvalue weighted by atomic mass is 15.1. The van der Waals surface area contributed by atoms with Crippen molar-refractivity contribution < 1.29 is 0 Å². The monoisotopic (exact) mass is 227 g/mol. The quantitative estimate of drug-likeness (QED) is 0.767. The smallest absolute Gasteiger partial charge is 0.0191 e. The molecule has 1 unspecified atom stereocenters. The molecule has 3 heteroatoms. The number of hydrogen-bond acceptors (Lipinski definition) is 3. The predicted octanol–water partition coefficient (Wildman–Crippen LogP) is 1.24. The summed E-state index contributed by atoms with van der Waals surface area (Å²) in [4.78, 5) is 4.84. The molecule has 1 aliphatic heterocycles. The molecule has 0 bridgehead atoms. The van der Waals surface area contributed by atoms with E-state index >= 15 is 0 Å². The van der Waals surface area contributed by atoms with Crippen LogP contribution in [0.1, 0.15) is 26.7 Å². The number of nitrogens with zero attached hydrogens (tertiary/aromatic N) is 2. The highest BCUT2D eigenvalue weighted by molar-refractivity contribution is 4.75. The van der Waals surface area contributed by atoms with E-state index in [9.17, 15) is 0 Å². The Morgan fingerprint density at radius 1 is 1.31 bits per heavy atom. The van der Waals surface area contributed by atoms with Crippen LogP contribution in [0.4, 0.5) is 0 Å². The van der Waals surface area contributed by atoms with E-state index in [1.54, 1.807) is 0 Å². The van der Waals surface area contributed by atoms with Gasteiger partial charge in [0.1, 0.15) is 0 Å². The van der Waals surface area contributed by atoms with Crippen LogP contribution in [-0.2, 0) is 0 Å². The van der Waals surface area contributed by atoms with Crippen LogP contribution in [0.2, 0.25) is 0 Å². The predicted molar refractivity (Wildman–Crippen MR) is 70.5 cm³/mol. The summed E-state index contributed by atoms with van der Waals surface area (Å²) in [5.41, 5.74) is 6.09. The normalized spacial score (nSPS) is 21.9. The fourth-order valence-corrected chi connectivity index (χ4v) is 2.33. The molecule has 1 heterocycles. The van der Waals surface area contributed by atoms with E-state index in [2.05, 4.69) is 37.7 Å². The van der Waals surface area contributed by atoms with Gasteiger partial charge in [0.15, 0.2) is 0 Å². The van der Waals surface area contributed by atoms with E-state index in [1.807, 2.05) is 0 Å². The van der Waals surface area contributed by atoms with Gasteiger partial charge in [-0.15, -0.1) is 0 Å². The fourth-order valence-electron chi connectivity index (χ4n) is 2.33. The summed E-state index contributed by atoms with van der Waals surface area (Å²) in [5, 5.41) is 0. The van der Waals surface area contributed by atoms with Gasteiger partial charge in [-0.05, 0) is 51.9 Å². The molecule has 1 aliphatic rings. The van der Waals surface area contributed by atoms with Gasteiger partial charge in [0.2, 0.25) is 0 Å². The van der Waals surface area contributed by atoms with Gasteiger partial charge in [-0.3, -0.25) is 0 Å². The molecule has 0 aromatic rings. The number of nitrogens with two attached hydrogens (primary N) is 1. The maximum Gasteiger partial charge on any atom is 0.0191 e. The zero-order valence-electron chi connectivity index (χ0n) is 11.4. The van der Waals surface area contributed by atoms with Gasteiger partial charge in [-0.1, -0.05) is 13.8 Å². The van der Waals surface area contributed by atoms with Gasteiger partial charge in [-0.2, -0.15) is 0 Å². The molecule has 0 amide bonds. The van der Waals surface area contributed by atoms with E-state index in [4.69, 9.17) is 5.73 Å². The summed E-state index contributed by atoms with van der Waals surface area (Å²) in [7, 11) is 4.43. The second kappa shape index (κ2) is 6.58. The van der Waals surface area contributed by atoms with E-state index in [0.29, 0.717) is 12.0 Å². The Bertz CT molecular complexity index is 186. The Balaban J connectivity index is 2.21. The topological polar surface area (TPSA) is 32.5 Å². The molecule has 1 atom stereocenters. The summed E-state index contributed by atoms with van der Waals surface area (Å²) in [6.45, 7) is 9.17. The number of rotatable bonds is 5. The van der Waals surface area contributed by atoms with Crippen molar-refractivity contribution in [3.63, 3.8) is 0 Å². The molecule has 0 radical (unpaired) electrons. The maximum absolute atomic E-state index is 6.09. The zero-order valence-corrected chi connectivity index (χ0v) is 11.4. The van der Waals surface area contributed by atoms with Gasteiger partial charge < -0.3 is 15.5 Å². The standard InChI is InChI=1S/C13H29N3/c1-11(2)13(14)10-16(4)9-12-5-7-15(3)8-6-12/h11-13H,5-10,14H2,1-4H3. The van der Waals surface area contributed by atoms with Crippen LogP contribution < -0.4 is 5.73 Å². The van der Waals surface area contributed by atoms with Crippen molar-refractivity contribution in [1.29, 1.82) is 0 Å². The van der Waals surface area contributed by atoms with Crippen LogP contribution in [0, 0.1) is 11.8 Å². The van der Waals surface area contributed by atoms with Crippen LogP contribution in [-0.4, -0.2) is 56.1 Å². The summed E-state index contributed by atoms with van der Waals surface area (Å²) < 4.78 is 0. The first kappa shape index (κ1) is 13.9. The number of piperidine rings is 1. The third-order valence-electron chi connectivity index (χ3n) is 3.79. The molecule has 0 aromatic carbocycles. The molecule has 0 aliphatic carbocycles. The second-order valence-electron chi connectivity index (χ2n) is 5.88. The Morgan fingerprint density at radius 2 is 1.88 bits per heavy atom. The average molecular weight is 227 g/mol. The van der Waals surface area contributed by atoms with Crippen LogP contribution in [0.15, 0.2) is 0 Å². The largest absolute Gasteiger partial charge is 0.326 e. The van der Waals surface area contributed by atoms with Gasteiger partial charge in [0.25, 0.3) is 0 Å². The van der Waals surface area contributed by atoms with E-state index in [-0.39, 0.29) is 0 Å². The molecule has 3 nitrogen and oxygen atoms in total. The van der Waals surface area contributed by atoms with Crippen molar-refractivity contribution in [3.05, 3.63) is 0 Å². The molecule has 0 spiro atoms. The minimum absolute atomic E-state index is 0.316. The lowest BCUT2D eigenvalue weighted by molar-refractivity contribution is 0.168. The molecule has 0 aromatic heterocycles. The van der Waals surface area contributed by atoms with Crippen molar-refractivity contribution in [2.24, 2.45) is 17.6 Å². The zero-order chi connectivity index (χ0) is 12.1. The van der Waals surface area contributed by atoms with E-state index in [1.165, 1.54) is 32.5 Å². The third-order valence-corrected chi connectivity index (χ3v) is 3.79. The van der Waals surface area contributed by atoms with Crippen molar-refractivity contribution in [2.75, 3.05) is 40.3 Å². The Hall–Kier alpha value is -0.120. The first-order chi connectivity index (χ1) is 7.49. The summed E-state index contributed by atoms with van der Waals surface area (Å²) in [6, 6.07) is 0.316. The van der Waals surface area contributed by atoms with E-state index < -0.39 is 0 Å². The first-order valence-electron chi connectivity index (χ1n) is 6.61. The van der Waals surface area contributed by atoms with Crippen LogP contribution in [0.3, 0.4) is 0 Å². The highest BCUT2D eigenvalue weighted by Crippen LogP contribution is 2.17. The Kier molecular flexibility index (Phi) is 5.73. The Morgan fingerprint density at radius 3 is 2.38 bits per heavy atom. The van der Waals surface area contributed by atoms with Crippen molar-refractivity contribution >= 4 is 0 Å². The average Bonchev–Trinajstić information content (AvgIpc) is 2.21. The molecule has 0 saturated carbocycles. The molecule has 1 rings (SSSR count). The highest BCUT2D eigenvalue weighted by Gasteiger charge is 2.19. The molecular formula is C13H29N3. The Labute approximate surface area is 101 Å². The molecule has 2 N–H and O–H groups in total. The summed E-state index contributed by atoms with van der Waals surface area (Å²) >= 11 is 0. The molecule has 1 saturated heterocycles. The van der Waals surface area contributed by atoms with Crippen molar-refractivity contribution in [1.82, 2.24) is 9.80 Å². The molecule has 96 valence electrons. The number of likely N-dealkylation sites (N-methyl/N-ethyl adjacent to an activating group) is 1. The fraction of sp³-hybridized carbons (Fsp3) is 1.00. The first-order valence-corrected chi connectivity index (χ1v) is 6.61. The SMILES string of the molecule is CC(C)C(N)CN(C)CC1CCN(C)CC1. The maximum atomic E-state index is 6.09. The summed E-state index contributed by atoms with van der Waals surface area (Å²) in [6.07, 6.45) is 2.69. The summed E-state index contributed by atoms with van der Waals surface area (Å²) in [5.74, 6) is 1.46. The van der Waals surface area contributed by atoms with E-state index in [0.717, 1.165) is 12.5 Å². The van der Waals surface area contributed by atoms with Crippen molar-refractivity contribution in [3.8, 4) is 0 Å². The van der Waals surface area contributed by atoms with Crippen LogP contribution in [0.5, 0.6) is 0 Å². The van der Waals surface area contributed by atoms with Gasteiger partial charge in [0, 0.05) is 19.1 Å². The van der Waals surface area contributed by atoms with Crippen LogP contribution >= 0.6 is 0 Å². The van der Waals surface area contributed by atoms with Gasteiger partial charge in [0.05, 0.1) is 0 Å². The van der Waals surface area contributed by atoms with Crippen LogP contribution in [0.25, 0.3) is 0 Å². The lowest BCUT2D eigenvalue weighted by Crippen LogP contribution is -2.42.